The minimum atomic E-state index is -0.112. The maximum absolute atomic E-state index is 11.4. The summed E-state index contributed by atoms with van der Waals surface area (Å²) in [5.41, 5.74) is 0.549. The van der Waals surface area contributed by atoms with E-state index >= 15 is 0 Å². The van der Waals surface area contributed by atoms with Crippen LogP contribution >= 0.6 is 11.6 Å². The molecule has 0 spiro atoms. The second-order valence-electron chi connectivity index (χ2n) is 3.06. The summed E-state index contributed by atoms with van der Waals surface area (Å²) in [5, 5.41) is 2.91. The molecule has 0 aromatic carbocycles. The zero-order chi connectivity index (χ0) is 10.4. The molecule has 1 N–H and O–H groups in total. The monoisotopic (exact) mass is 215 g/mol. The average molecular weight is 216 g/mol. The van der Waals surface area contributed by atoms with Crippen LogP contribution in [0.3, 0.4) is 0 Å². The van der Waals surface area contributed by atoms with Gasteiger partial charge in [-0.3, -0.25) is 4.79 Å². The van der Waals surface area contributed by atoms with E-state index in [1.165, 1.54) is 12.5 Å². The van der Waals surface area contributed by atoms with Crippen molar-refractivity contribution in [3.63, 3.8) is 0 Å². The summed E-state index contributed by atoms with van der Waals surface area (Å²) >= 11 is 5.90. The number of carbonyl (C=O) groups is 1. The molecule has 1 unspecified atom stereocenters. The average Bonchev–Trinajstić information content (AvgIpc) is 2.70. The second kappa shape index (κ2) is 5.70. The Balaban J connectivity index is 2.23. The zero-order valence-corrected chi connectivity index (χ0v) is 8.88. The number of furan rings is 1. The summed E-state index contributed by atoms with van der Waals surface area (Å²) in [5.74, 6) is -0.112. The van der Waals surface area contributed by atoms with Gasteiger partial charge >= 0.3 is 0 Å². The number of hydrogen-bond acceptors (Lipinski definition) is 2. The minimum Gasteiger partial charge on any atom is -0.472 e. The molecule has 1 heterocycles. The Morgan fingerprint density at radius 3 is 3.07 bits per heavy atom. The van der Waals surface area contributed by atoms with Gasteiger partial charge in [0.1, 0.15) is 6.26 Å². The van der Waals surface area contributed by atoms with E-state index < -0.39 is 0 Å². The third-order valence-electron chi connectivity index (χ3n) is 1.97. The van der Waals surface area contributed by atoms with Gasteiger partial charge in [-0.25, -0.2) is 0 Å². The largest absolute Gasteiger partial charge is 0.472 e. The Bertz CT molecular complexity index is 272. The fourth-order valence-electron chi connectivity index (χ4n) is 1.04. The Labute approximate surface area is 88.4 Å². The number of nitrogens with one attached hydrogen (secondary N) is 1. The molecule has 1 rings (SSSR count). The smallest absolute Gasteiger partial charge is 0.254 e. The lowest BCUT2D eigenvalue weighted by atomic mass is 10.2. The van der Waals surface area contributed by atoms with E-state index in [4.69, 9.17) is 16.0 Å². The van der Waals surface area contributed by atoms with Crippen LogP contribution in [0, 0.1) is 0 Å². The van der Waals surface area contributed by atoms with Gasteiger partial charge in [-0.1, -0.05) is 6.92 Å². The molecule has 0 saturated heterocycles. The third kappa shape index (κ3) is 3.42. The molecule has 0 aliphatic carbocycles. The van der Waals surface area contributed by atoms with Gasteiger partial charge in [0.05, 0.1) is 11.8 Å². The predicted octanol–water partition coefficient (Wildman–Crippen LogP) is 2.42. The lowest BCUT2D eigenvalue weighted by Crippen LogP contribution is -2.25. The summed E-state index contributed by atoms with van der Waals surface area (Å²) < 4.78 is 4.80. The van der Waals surface area contributed by atoms with Crippen molar-refractivity contribution in [1.29, 1.82) is 0 Å². The van der Waals surface area contributed by atoms with E-state index in [9.17, 15) is 4.79 Å². The summed E-state index contributed by atoms with van der Waals surface area (Å²) in [4.78, 5) is 11.4. The number of amides is 1. The standard InChI is InChI=1S/C10H14ClNO2/c1-2-9(11)3-5-12-10(13)8-4-6-14-7-8/h4,6-7,9H,2-3,5H2,1H3,(H,12,13). The molecule has 0 fully saturated rings. The number of halogens is 1. The highest BCUT2D eigenvalue weighted by atomic mass is 35.5. The van der Waals surface area contributed by atoms with Crippen molar-refractivity contribution in [1.82, 2.24) is 5.32 Å². The van der Waals surface area contributed by atoms with E-state index in [1.54, 1.807) is 6.07 Å². The van der Waals surface area contributed by atoms with Crippen molar-refractivity contribution in [3.8, 4) is 0 Å². The van der Waals surface area contributed by atoms with Crippen LogP contribution in [0.4, 0.5) is 0 Å². The zero-order valence-electron chi connectivity index (χ0n) is 8.13. The highest BCUT2D eigenvalue weighted by Crippen LogP contribution is 2.05. The van der Waals surface area contributed by atoms with Gasteiger partial charge in [0.25, 0.3) is 5.91 Å². The van der Waals surface area contributed by atoms with Crippen LogP contribution in [0.2, 0.25) is 0 Å². The number of alkyl halides is 1. The van der Waals surface area contributed by atoms with E-state index in [0.717, 1.165) is 12.8 Å². The molecule has 0 aliphatic heterocycles. The topological polar surface area (TPSA) is 42.2 Å². The van der Waals surface area contributed by atoms with Crippen LogP contribution in [0.15, 0.2) is 23.0 Å². The quantitative estimate of drug-likeness (QED) is 0.767. The highest BCUT2D eigenvalue weighted by Gasteiger charge is 2.06. The fourth-order valence-corrected chi connectivity index (χ4v) is 1.15. The van der Waals surface area contributed by atoms with Crippen LogP contribution in [0.1, 0.15) is 30.1 Å². The van der Waals surface area contributed by atoms with Crippen LogP contribution in [-0.4, -0.2) is 17.8 Å². The molecule has 0 aliphatic rings. The van der Waals surface area contributed by atoms with Crippen LogP contribution in [0.5, 0.6) is 0 Å². The summed E-state index contributed by atoms with van der Waals surface area (Å²) in [7, 11) is 0. The van der Waals surface area contributed by atoms with E-state index in [0.29, 0.717) is 12.1 Å². The first kappa shape index (κ1) is 11.1. The van der Waals surface area contributed by atoms with Crippen molar-refractivity contribution < 1.29 is 9.21 Å². The molecule has 1 aromatic rings. The lowest BCUT2D eigenvalue weighted by molar-refractivity contribution is 0.0952. The molecule has 0 saturated carbocycles. The second-order valence-corrected chi connectivity index (χ2v) is 3.68. The molecule has 0 bridgehead atoms. The molecule has 1 amide bonds. The first-order valence-electron chi connectivity index (χ1n) is 4.68. The lowest BCUT2D eigenvalue weighted by Gasteiger charge is -2.06. The van der Waals surface area contributed by atoms with Crippen molar-refractivity contribution >= 4 is 17.5 Å². The maximum atomic E-state index is 11.4. The van der Waals surface area contributed by atoms with Crippen LogP contribution in [0.25, 0.3) is 0 Å². The van der Waals surface area contributed by atoms with Gasteiger partial charge in [-0.15, -0.1) is 11.6 Å². The Morgan fingerprint density at radius 2 is 2.50 bits per heavy atom. The summed E-state index contributed by atoms with van der Waals surface area (Å²) in [6.45, 7) is 2.63. The van der Waals surface area contributed by atoms with Crippen molar-refractivity contribution in [2.45, 2.75) is 25.1 Å². The van der Waals surface area contributed by atoms with E-state index in [2.05, 4.69) is 5.32 Å². The fraction of sp³-hybridized carbons (Fsp3) is 0.500. The third-order valence-corrected chi connectivity index (χ3v) is 2.50. The molecular formula is C10H14ClNO2. The molecule has 78 valence electrons. The summed E-state index contributed by atoms with van der Waals surface area (Å²) in [6, 6.07) is 1.63. The molecule has 0 radical (unpaired) electrons. The highest BCUT2D eigenvalue weighted by molar-refractivity contribution is 6.20. The van der Waals surface area contributed by atoms with Gasteiger partial charge in [0.2, 0.25) is 0 Å². The Hall–Kier alpha value is -0.960. The first-order valence-corrected chi connectivity index (χ1v) is 5.12. The first-order chi connectivity index (χ1) is 6.74. The van der Waals surface area contributed by atoms with Crippen molar-refractivity contribution in [2.75, 3.05) is 6.54 Å². The van der Waals surface area contributed by atoms with E-state index in [1.807, 2.05) is 6.92 Å². The van der Waals surface area contributed by atoms with Gasteiger partial charge in [-0.05, 0) is 18.9 Å². The summed E-state index contributed by atoms with van der Waals surface area (Å²) in [6.07, 6.45) is 4.61. The minimum absolute atomic E-state index is 0.112. The number of rotatable bonds is 5. The number of carbonyl (C=O) groups excluding carboxylic acids is 1. The molecule has 1 atom stereocenters. The van der Waals surface area contributed by atoms with Crippen molar-refractivity contribution in [3.05, 3.63) is 24.2 Å². The maximum Gasteiger partial charge on any atom is 0.254 e. The Kier molecular flexibility index (Phi) is 4.53. The van der Waals surface area contributed by atoms with Gasteiger partial charge in [0.15, 0.2) is 0 Å². The Morgan fingerprint density at radius 1 is 1.71 bits per heavy atom. The molecule has 4 heteroatoms. The van der Waals surface area contributed by atoms with Crippen LogP contribution < -0.4 is 5.32 Å². The molecule has 1 aromatic heterocycles. The molecule has 3 nitrogen and oxygen atoms in total. The SMILES string of the molecule is CCC(Cl)CCNC(=O)c1ccoc1. The van der Waals surface area contributed by atoms with Gasteiger partial charge in [0, 0.05) is 11.9 Å². The van der Waals surface area contributed by atoms with E-state index in [-0.39, 0.29) is 11.3 Å². The van der Waals surface area contributed by atoms with Gasteiger partial charge in [-0.2, -0.15) is 0 Å². The number of hydrogen-bond donors (Lipinski definition) is 1. The van der Waals surface area contributed by atoms with Gasteiger partial charge < -0.3 is 9.73 Å². The molecule has 14 heavy (non-hydrogen) atoms. The predicted molar refractivity (Wildman–Crippen MR) is 55.6 cm³/mol. The normalized spacial score (nSPS) is 12.4. The molecular weight excluding hydrogens is 202 g/mol. The van der Waals surface area contributed by atoms with Crippen molar-refractivity contribution in [2.24, 2.45) is 0 Å². The van der Waals surface area contributed by atoms with Crippen LogP contribution in [-0.2, 0) is 0 Å².